The number of carbonyl (C=O) groups is 1. The summed E-state index contributed by atoms with van der Waals surface area (Å²) in [5, 5.41) is 7.61. The van der Waals surface area contributed by atoms with Crippen molar-refractivity contribution in [2.24, 2.45) is 28.9 Å². The van der Waals surface area contributed by atoms with Gasteiger partial charge in [0.2, 0.25) is 5.91 Å². The lowest BCUT2D eigenvalue weighted by Crippen LogP contribution is -2.64. The van der Waals surface area contributed by atoms with Crippen molar-refractivity contribution in [3.8, 4) is 0 Å². The molecule has 1 heterocycles. The molecule has 126 valence electrons. The number of fused-ring (bicyclic) bond motifs is 1. The molecule has 1 saturated heterocycles. The third-order valence-electron chi connectivity index (χ3n) is 7.55. The highest BCUT2D eigenvalue weighted by Crippen LogP contribution is 2.64. The Morgan fingerprint density at radius 2 is 1.91 bits per heavy atom. The van der Waals surface area contributed by atoms with Gasteiger partial charge in [-0.3, -0.25) is 4.79 Å². The number of nitrogens with one attached hydrogen (secondary N) is 1. The summed E-state index contributed by atoms with van der Waals surface area (Å²) in [4.78, 5) is 15.0. The van der Waals surface area contributed by atoms with E-state index in [4.69, 9.17) is 11.1 Å². The Morgan fingerprint density at radius 3 is 2.52 bits per heavy atom. The predicted octanol–water partition coefficient (Wildman–Crippen LogP) is 2.26. The van der Waals surface area contributed by atoms with Crippen molar-refractivity contribution in [3.05, 3.63) is 0 Å². The van der Waals surface area contributed by atoms with Crippen molar-refractivity contribution >= 4 is 12.1 Å². The fraction of sp³-hybridized carbons (Fsp3) is 0.889. The molecule has 0 aromatic heterocycles. The summed E-state index contributed by atoms with van der Waals surface area (Å²) in [5.41, 5.74) is 5.12. The molecule has 0 aromatic carbocycles. The molecule has 5 heteroatoms. The number of rotatable bonds is 3. The Bertz CT molecular complexity index is 565. The fourth-order valence-corrected chi connectivity index (χ4v) is 6.98. The van der Waals surface area contributed by atoms with Gasteiger partial charge in [0.15, 0.2) is 0 Å². The van der Waals surface area contributed by atoms with Crippen LogP contribution in [0.3, 0.4) is 0 Å². The van der Waals surface area contributed by atoms with Crippen LogP contribution >= 0.6 is 0 Å². The van der Waals surface area contributed by atoms with Crippen LogP contribution in [-0.2, 0) is 4.79 Å². The Labute approximate surface area is 136 Å². The molecule has 5 saturated carbocycles. The molecule has 23 heavy (non-hydrogen) atoms. The highest BCUT2D eigenvalue weighted by atomic mass is 19.1. The number of likely N-dealkylation sites (tertiary alicyclic amines) is 1. The molecular formula is C18H26FN3O. The molecule has 6 fully saturated rings. The van der Waals surface area contributed by atoms with Crippen molar-refractivity contribution in [1.82, 2.24) is 4.90 Å². The Morgan fingerprint density at radius 1 is 1.22 bits per heavy atom. The van der Waals surface area contributed by atoms with Crippen LogP contribution in [0.4, 0.5) is 4.39 Å². The van der Waals surface area contributed by atoms with Crippen molar-refractivity contribution in [3.63, 3.8) is 0 Å². The van der Waals surface area contributed by atoms with Crippen LogP contribution < -0.4 is 5.73 Å². The average Bonchev–Trinajstić information content (AvgIpc) is 3.14. The zero-order chi connectivity index (χ0) is 16.0. The molecule has 0 aromatic rings. The number of hydrogen-bond acceptors (Lipinski definition) is 3. The normalized spacial score (nSPS) is 54.0. The lowest BCUT2D eigenvalue weighted by Gasteiger charge is -2.60. The average molecular weight is 319 g/mol. The largest absolute Gasteiger partial charge is 0.330 e. The predicted molar refractivity (Wildman–Crippen MR) is 84.9 cm³/mol. The van der Waals surface area contributed by atoms with Crippen molar-refractivity contribution in [1.29, 1.82) is 5.41 Å². The van der Waals surface area contributed by atoms with Gasteiger partial charge in [-0.15, -0.1) is 0 Å². The number of carbonyl (C=O) groups excluding carboxylic acids is 1. The number of nitrogens with zero attached hydrogens (tertiary/aromatic N) is 1. The molecule has 4 nitrogen and oxygen atoms in total. The topological polar surface area (TPSA) is 70.2 Å². The smallest absolute Gasteiger partial charge is 0.240 e. The van der Waals surface area contributed by atoms with E-state index >= 15 is 4.39 Å². The van der Waals surface area contributed by atoms with E-state index in [9.17, 15) is 4.79 Å². The molecule has 6 atom stereocenters. The fourth-order valence-electron chi connectivity index (χ4n) is 6.98. The monoisotopic (exact) mass is 319 g/mol. The second kappa shape index (κ2) is 4.35. The van der Waals surface area contributed by atoms with E-state index in [1.165, 1.54) is 6.21 Å². The minimum absolute atomic E-state index is 0.00551. The highest BCUT2D eigenvalue weighted by molar-refractivity contribution is 5.87. The maximum absolute atomic E-state index is 15.1. The molecule has 0 radical (unpaired) electrons. The first-order chi connectivity index (χ1) is 10.9. The Kier molecular flexibility index (Phi) is 2.72. The van der Waals surface area contributed by atoms with E-state index in [2.05, 4.69) is 0 Å². The summed E-state index contributed by atoms with van der Waals surface area (Å²) in [6.07, 6.45) is 8.22. The van der Waals surface area contributed by atoms with Crippen LogP contribution in [0.2, 0.25) is 0 Å². The molecule has 6 aliphatic rings. The van der Waals surface area contributed by atoms with Gasteiger partial charge >= 0.3 is 0 Å². The summed E-state index contributed by atoms with van der Waals surface area (Å²) in [7, 11) is 0. The van der Waals surface area contributed by atoms with E-state index in [0.717, 1.165) is 32.1 Å². The van der Waals surface area contributed by atoms with E-state index in [-0.39, 0.29) is 17.4 Å². The first-order valence-electron chi connectivity index (χ1n) is 9.20. The van der Waals surface area contributed by atoms with Crippen LogP contribution in [-0.4, -0.2) is 40.8 Å². The number of alkyl halides is 1. The third-order valence-corrected chi connectivity index (χ3v) is 7.55. The zero-order valence-corrected chi connectivity index (χ0v) is 13.5. The summed E-state index contributed by atoms with van der Waals surface area (Å²) < 4.78 is 15.1. The van der Waals surface area contributed by atoms with Gasteiger partial charge in [-0.2, -0.15) is 0 Å². The Balaban J connectivity index is 1.43. The Hall–Kier alpha value is -0.970. The zero-order valence-electron chi connectivity index (χ0n) is 13.5. The molecule has 5 aliphatic carbocycles. The lowest BCUT2D eigenvalue weighted by molar-refractivity contribution is -0.156. The molecule has 1 aliphatic heterocycles. The molecule has 0 spiro atoms. The standard InChI is InChI=1S/C18H26FN3O/c19-18-6-10-1-11(7-18)5-17(4-10,9-18)15(21)16(23)22-13(8-20)2-12-3-14(12)22/h8,10-15,20H,1-7,9,21H2/t10?,11?,12-,13+,14?,15-,17?,18?/m1/s1. The van der Waals surface area contributed by atoms with E-state index in [1.807, 2.05) is 4.90 Å². The van der Waals surface area contributed by atoms with Crippen molar-refractivity contribution in [2.75, 3.05) is 0 Å². The molecule has 1 amide bonds. The molecule has 6 rings (SSSR count). The minimum Gasteiger partial charge on any atom is -0.330 e. The lowest BCUT2D eigenvalue weighted by atomic mass is 9.46. The van der Waals surface area contributed by atoms with Gasteiger partial charge in [-0.05, 0) is 74.5 Å². The number of nitrogens with two attached hydrogens (primary N) is 1. The molecule has 3 unspecified atom stereocenters. The van der Waals surface area contributed by atoms with E-state index < -0.39 is 11.7 Å². The van der Waals surface area contributed by atoms with Gasteiger partial charge in [0.25, 0.3) is 0 Å². The SMILES string of the molecule is N=C[C@@H]1C[C@@H]2CC2N1C(=O)[C@@H](N)C12CC3CC(CC(F)(C3)C1)C2. The van der Waals surface area contributed by atoms with Crippen LogP contribution in [0.25, 0.3) is 0 Å². The molecule has 3 N–H and O–H groups in total. The van der Waals surface area contributed by atoms with Crippen molar-refractivity contribution < 1.29 is 9.18 Å². The maximum Gasteiger partial charge on any atom is 0.240 e. The van der Waals surface area contributed by atoms with E-state index in [0.29, 0.717) is 43.1 Å². The van der Waals surface area contributed by atoms with Crippen LogP contribution in [0.15, 0.2) is 0 Å². The third kappa shape index (κ3) is 1.92. The first kappa shape index (κ1) is 14.4. The van der Waals surface area contributed by atoms with Gasteiger partial charge in [-0.25, -0.2) is 4.39 Å². The molecule has 4 bridgehead atoms. The number of hydrogen-bond donors (Lipinski definition) is 2. The second-order valence-corrected chi connectivity index (χ2v) is 9.23. The van der Waals surface area contributed by atoms with Gasteiger partial charge in [0.1, 0.15) is 5.67 Å². The maximum atomic E-state index is 15.1. The summed E-state index contributed by atoms with van der Waals surface area (Å²) in [6, 6.07) is -0.357. The summed E-state index contributed by atoms with van der Waals surface area (Å²) in [6.45, 7) is 0. The number of piperidine rings is 1. The van der Waals surface area contributed by atoms with Gasteiger partial charge in [0.05, 0.1) is 12.1 Å². The first-order valence-corrected chi connectivity index (χ1v) is 9.20. The van der Waals surface area contributed by atoms with E-state index in [1.54, 1.807) is 0 Å². The second-order valence-electron chi connectivity index (χ2n) is 9.23. The summed E-state index contributed by atoms with van der Waals surface area (Å²) in [5.74, 6) is 1.41. The van der Waals surface area contributed by atoms with Crippen molar-refractivity contribution in [2.45, 2.75) is 75.2 Å². The van der Waals surface area contributed by atoms with Crippen LogP contribution in [0, 0.1) is 28.6 Å². The highest BCUT2D eigenvalue weighted by Gasteiger charge is 2.63. The summed E-state index contributed by atoms with van der Waals surface area (Å²) >= 11 is 0. The van der Waals surface area contributed by atoms with Crippen LogP contribution in [0.1, 0.15) is 51.4 Å². The molecular weight excluding hydrogens is 293 g/mol. The van der Waals surface area contributed by atoms with Crippen LogP contribution in [0.5, 0.6) is 0 Å². The minimum atomic E-state index is -1.07. The van der Waals surface area contributed by atoms with Gasteiger partial charge < -0.3 is 16.0 Å². The van der Waals surface area contributed by atoms with Gasteiger partial charge in [-0.1, -0.05) is 0 Å². The number of amides is 1. The number of halogens is 1. The quantitative estimate of drug-likeness (QED) is 0.783. The van der Waals surface area contributed by atoms with Gasteiger partial charge in [0, 0.05) is 12.3 Å².